The number of methoxy groups -OCH3 is 1. The molecule has 1 aliphatic rings. The van der Waals surface area contributed by atoms with Crippen molar-refractivity contribution in [3.05, 3.63) is 29.8 Å². The number of hydrazine groups is 1. The molecule has 0 aromatic heterocycles. The van der Waals surface area contributed by atoms with Gasteiger partial charge in [-0.1, -0.05) is 18.2 Å². The summed E-state index contributed by atoms with van der Waals surface area (Å²) in [5, 5.41) is 0. The first kappa shape index (κ1) is 12.4. The summed E-state index contributed by atoms with van der Waals surface area (Å²) in [5.41, 5.74) is 4.09. The van der Waals surface area contributed by atoms with E-state index >= 15 is 0 Å². The molecule has 1 aromatic carbocycles. The molecule has 94 valence electrons. The Kier molecular flexibility index (Phi) is 4.36. The molecule has 0 spiro atoms. The van der Waals surface area contributed by atoms with Gasteiger partial charge in [0.15, 0.2) is 0 Å². The average Bonchev–Trinajstić information content (AvgIpc) is 2.90. The van der Waals surface area contributed by atoms with Gasteiger partial charge in [0.2, 0.25) is 0 Å². The molecule has 1 fully saturated rings. The first-order chi connectivity index (χ1) is 8.35. The zero-order chi connectivity index (χ0) is 12.1. The maximum absolute atomic E-state index is 5.65. The van der Waals surface area contributed by atoms with Gasteiger partial charge in [-0.25, -0.2) is 0 Å². The van der Waals surface area contributed by atoms with Crippen LogP contribution in [0.2, 0.25) is 0 Å². The van der Waals surface area contributed by atoms with Crippen molar-refractivity contribution in [1.29, 1.82) is 0 Å². The predicted octanol–water partition coefficient (Wildman–Crippen LogP) is 1.11. The zero-order valence-corrected chi connectivity index (χ0v) is 10.2. The van der Waals surface area contributed by atoms with Crippen LogP contribution in [0.25, 0.3) is 0 Å². The number of rotatable bonds is 5. The van der Waals surface area contributed by atoms with Crippen LogP contribution in [0.4, 0.5) is 0 Å². The summed E-state index contributed by atoms with van der Waals surface area (Å²) in [6.07, 6.45) is 1.94. The number of nitrogens with two attached hydrogens (primary N) is 1. The lowest BCUT2D eigenvalue weighted by Crippen LogP contribution is -2.42. The molecule has 0 bridgehead atoms. The molecule has 0 saturated carbocycles. The van der Waals surface area contributed by atoms with Gasteiger partial charge in [-0.2, -0.15) is 0 Å². The van der Waals surface area contributed by atoms with E-state index in [-0.39, 0.29) is 6.04 Å². The largest absolute Gasteiger partial charge is 0.496 e. The van der Waals surface area contributed by atoms with Crippen molar-refractivity contribution >= 4 is 0 Å². The van der Waals surface area contributed by atoms with Crippen LogP contribution in [0.15, 0.2) is 24.3 Å². The van der Waals surface area contributed by atoms with Crippen LogP contribution in [0.3, 0.4) is 0 Å². The minimum atomic E-state index is 0.244. The molecular weight excluding hydrogens is 216 g/mol. The van der Waals surface area contributed by atoms with E-state index in [4.69, 9.17) is 15.3 Å². The predicted molar refractivity (Wildman–Crippen MR) is 66.7 cm³/mol. The molecule has 1 aliphatic heterocycles. The Balaban J connectivity index is 2.06. The van der Waals surface area contributed by atoms with E-state index in [0.29, 0.717) is 5.92 Å². The molecule has 17 heavy (non-hydrogen) atoms. The molecule has 0 aliphatic carbocycles. The lowest BCUT2D eigenvalue weighted by atomic mass is 9.93. The third-order valence-corrected chi connectivity index (χ3v) is 3.38. The quantitative estimate of drug-likeness (QED) is 0.594. The minimum absolute atomic E-state index is 0.244. The van der Waals surface area contributed by atoms with Crippen molar-refractivity contribution in [1.82, 2.24) is 5.43 Å². The highest BCUT2D eigenvalue weighted by Crippen LogP contribution is 2.24. The number of hydrogen-bond donors (Lipinski definition) is 2. The minimum Gasteiger partial charge on any atom is -0.496 e. The van der Waals surface area contributed by atoms with Gasteiger partial charge in [0.05, 0.1) is 13.7 Å². The summed E-state index contributed by atoms with van der Waals surface area (Å²) in [6, 6.07) is 8.31. The van der Waals surface area contributed by atoms with Crippen molar-refractivity contribution in [3.8, 4) is 5.75 Å². The van der Waals surface area contributed by atoms with Crippen LogP contribution in [-0.4, -0.2) is 26.4 Å². The molecular formula is C13H20N2O2. The number of hydrogen-bond acceptors (Lipinski definition) is 4. The van der Waals surface area contributed by atoms with Crippen LogP contribution in [0.5, 0.6) is 5.75 Å². The second-order valence-corrected chi connectivity index (χ2v) is 4.41. The standard InChI is InChI=1S/C13H20N2O2/c1-16-13-5-3-2-4-10(13)8-12(15-14)11-6-7-17-9-11/h2-5,11-12,15H,6-9,14H2,1H3. The van der Waals surface area contributed by atoms with Gasteiger partial charge in [-0.15, -0.1) is 0 Å². The van der Waals surface area contributed by atoms with E-state index in [1.807, 2.05) is 18.2 Å². The van der Waals surface area contributed by atoms with E-state index in [1.54, 1.807) is 7.11 Å². The summed E-state index contributed by atoms with van der Waals surface area (Å²) >= 11 is 0. The van der Waals surface area contributed by atoms with Crippen LogP contribution in [0, 0.1) is 5.92 Å². The second kappa shape index (κ2) is 6.00. The maximum Gasteiger partial charge on any atom is 0.122 e. The van der Waals surface area contributed by atoms with Crippen LogP contribution < -0.4 is 16.0 Å². The third-order valence-electron chi connectivity index (χ3n) is 3.38. The lowest BCUT2D eigenvalue weighted by molar-refractivity contribution is 0.176. The molecule has 3 N–H and O–H groups in total. The normalized spacial score (nSPS) is 21.4. The molecule has 0 radical (unpaired) electrons. The van der Waals surface area contributed by atoms with E-state index in [2.05, 4.69) is 11.5 Å². The fraction of sp³-hybridized carbons (Fsp3) is 0.538. The molecule has 1 saturated heterocycles. The zero-order valence-electron chi connectivity index (χ0n) is 10.2. The highest BCUT2D eigenvalue weighted by molar-refractivity contribution is 5.33. The second-order valence-electron chi connectivity index (χ2n) is 4.41. The van der Waals surface area contributed by atoms with Gasteiger partial charge < -0.3 is 9.47 Å². The smallest absolute Gasteiger partial charge is 0.122 e. The van der Waals surface area contributed by atoms with E-state index in [0.717, 1.165) is 31.8 Å². The summed E-state index contributed by atoms with van der Waals surface area (Å²) < 4.78 is 10.8. The summed E-state index contributed by atoms with van der Waals surface area (Å²) in [4.78, 5) is 0. The molecule has 1 aromatic rings. The highest BCUT2D eigenvalue weighted by Gasteiger charge is 2.25. The van der Waals surface area contributed by atoms with Gasteiger partial charge in [-0.3, -0.25) is 11.3 Å². The van der Waals surface area contributed by atoms with Crippen LogP contribution >= 0.6 is 0 Å². The Hall–Kier alpha value is -1.10. The molecule has 2 atom stereocenters. The van der Waals surface area contributed by atoms with Crippen molar-refractivity contribution in [2.75, 3.05) is 20.3 Å². The Bertz CT molecular complexity index is 351. The van der Waals surface area contributed by atoms with Gasteiger partial charge in [0.25, 0.3) is 0 Å². The fourth-order valence-corrected chi connectivity index (χ4v) is 2.34. The van der Waals surface area contributed by atoms with Crippen molar-refractivity contribution in [2.45, 2.75) is 18.9 Å². The molecule has 4 heteroatoms. The lowest BCUT2D eigenvalue weighted by Gasteiger charge is -2.22. The Morgan fingerprint density at radius 3 is 3.00 bits per heavy atom. The highest BCUT2D eigenvalue weighted by atomic mass is 16.5. The molecule has 2 unspecified atom stereocenters. The van der Waals surface area contributed by atoms with Gasteiger partial charge in [0.1, 0.15) is 5.75 Å². The topological polar surface area (TPSA) is 56.5 Å². The van der Waals surface area contributed by atoms with Gasteiger partial charge in [0, 0.05) is 18.6 Å². The Labute approximate surface area is 102 Å². The number of para-hydroxylation sites is 1. The van der Waals surface area contributed by atoms with E-state index in [1.165, 1.54) is 5.56 Å². The first-order valence-corrected chi connectivity index (χ1v) is 6.01. The van der Waals surface area contributed by atoms with E-state index < -0.39 is 0 Å². The number of nitrogens with one attached hydrogen (secondary N) is 1. The maximum atomic E-state index is 5.65. The summed E-state index contributed by atoms with van der Waals surface area (Å²) in [7, 11) is 1.70. The van der Waals surface area contributed by atoms with Gasteiger partial charge >= 0.3 is 0 Å². The Morgan fingerprint density at radius 2 is 2.35 bits per heavy atom. The van der Waals surface area contributed by atoms with Crippen molar-refractivity contribution < 1.29 is 9.47 Å². The molecule has 2 rings (SSSR count). The fourth-order valence-electron chi connectivity index (χ4n) is 2.34. The third kappa shape index (κ3) is 2.97. The first-order valence-electron chi connectivity index (χ1n) is 6.01. The summed E-state index contributed by atoms with van der Waals surface area (Å²) in [5.74, 6) is 7.06. The monoisotopic (exact) mass is 236 g/mol. The van der Waals surface area contributed by atoms with Gasteiger partial charge in [-0.05, 0) is 24.5 Å². The Morgan fingerprint density at radius 1 is 1.53 bits per heavy atom. The van der Waals surface area contributed by atoms with Crippen molar-refractivity contribution in [2.24, 2.45) is 11.8 Å². The van der Waals surface area contributed by atoms with Crippen molar-refractivity contribution in [3.63, 3.8) is 0 Å². The molecule has 1 heterocycles. The molecule has 4 nitrogen and oxygen atoms in total. The van der Waals surface area contributed by atoms with Crippen LogP contribution in [-0.2, 0) is 11.2 Å². The average molecular weight is 236 g/mol. The number of ether oxygens (including phenoxy) is 2. The number of benzene rings is 1. The van der Waals surface area contributed by atoms with E-state index in [9.17, 15) is 0 Å². The summed E-state index contributed by atoms with van der Waals surface area (Å²) in [6.45, 7) is 1.64. The molecule has 0 amide bonds. The van der Waals surface area contributed by atoms with Crippen LogP contribution in [0.1, 0.15) is 12.0 Å². The SMILES string of the molecule is COc1ccccc1CC(NN)C1CCOC1.